The monoisotopic (exact) mass is 632 g/mol. The first-order valence-corrected chi connectivity index (χ1v) is 16.0. The minimum atomic E-state index is -0.383. The molecule has 43 heavy (non-hydrogen) atoms. The van der Waals surface area contributed by atoms with Gasteiger partial charge < -0.3 is 10.1 Å². The van der Waals surface area contributed by atoms with Crippen molar-refractivity contribution in [2.24, 2.45) is 5.10 Å². The summed E-state index contributed by atoms with van der Waals surface area (Å²) >= 11 is 4.13. The third kappa shape index (κ3) is 6.38. The number of thiophene rings is 2. The molecular weight excluding hydrogens is 608 g/mol. The zero-order valence-corrected chi connectivity index (χ0v) is 25.3. The van der Waals surface area contributed by atoms with E-state index in [2.05, 4.69) is 15.5 Å². The highest BCUT2D eigenvalue weighted by Gasteiger charge is 2.33. The standard InChI is InChI=1S/C30H25FN6O3S3/c1-40-22-12-6-19(7-13-22)24-16-23(25-4-2-14-41-25)35-37(24)28(38)18-43-30-34-33-27(17-32-29(39)26-5-3-15-42-26)36(30)21-10-8-20(31)9-11-21/h2-15,24H,16-18H2,1H3,(H,32,39)/t24-/m0/s1. The van der Waals surface area contributed by atoms with Crippen LogP contribution >= 0.6 is 34.4 Å². The van der Waals surface area contributed by atoms with E-state index >= 15 is 0 Å². The number of aromatic nitrogens is 3. The first kappa shape index (κ1) is 28.8. The second kappa shape index (κ2) is 12.9. The van der Waals surface area contributed by atoms with Crippen LogP contribution in [0.15, 0.2) is 93.8 Å². The molecule has 0 saturated carbocycles. The second-order valence-electron chi connectivity index (χ2n) is 9.41. The van der Waals surface area contributed by atoms with E-state index in [1.165, 1.54) is 35.2 Å². The van der Waals surface area contributed by atoms with Gasteiger partial charge in [-0.25, -0.2) is 9.40 Å². The Morgan fingerprint density at radius 1 is 1.02 bits per heavy atom. The van der Waals surface area contributed by atoms with Gasteiger partial charge in [0.05, 0.1) is 40.9 Å². The number of ether oxygens (including phenoxy) is 1. The summed E-state index contributed by atoms with van der Waals surface area (Å²) in [4.78, 5) is 27.9. The molecule has 9 nitrogen and oxygen atoms in total. The number of nitrogens with zero attached hydrogens (tertiary/aromatic N) is 5. The average molecular weight is 633 g/mol. The van der Waals surface area contributed by atoms with Gasteiger partial charge in [0.2, 0.25) is 0 Å². The quantitative estimate of drug-likeness (QED) is 0.191. The van der Waals surface area contributed by atoms with Crippen molar-refractivity contribution in [3.05, 3.63) is 111 Å². The lowest BCUT2D eigenvalue weighted by Gasteiger charge is -2.22. The van der Waals surface area contributed by atoms with Gasteiger partial charge in [-0.2, -0.15) is 5.10 Å². The second-order valence-corrected chi connectivity index (χ2v) is 12.3. The first-order chi connectivity index (χ1) is 21.0. The van der Waals surface area contributed by atoms with Gasteiger partial charge in [0.15, 0.2) is 11.0 Å². The third-order valence-corrected chi connectivity index (χ3v) is 9.44. The van der Waals surface area contributed by atoms with Gasteiger partial charge >= 0.3 is 0 Å². The highest BCUT2D eigenvalue weighted by Crippen LogP contribution is 2.35. The fourth-order valence-electron chi connectivity index (χ4n) is 4.62. The summed E-state index contributed by atoms with van der Waals surface area (Å²) in [5.41, 5.74) is 2.41. The van der Waals surface area contributed by atoms with Crippen molar-refractivity contribution < 1.29 is 18.7 Å². The Kier molecular flexibility index (Phi) is 8.63. The molecule has 0 unspecified atom stereocenters. The van der Waals surface area contributed by atoms with Crippen molar-refractivity contribution in [2.45, 2.75) is 24.2 Å². The smallest absolute Gasteiger partial charge is 0.261 e. The fraction of sp³-hybridized carbons (Fsp3) is 0.167. The van der Waals surface area contributed by atoms with Crippen LogP contribution in [0.3, 0.4) is 0 Å². The van der Waals surface area contributed by atoms with E-state index in [4.69, 9.17) is 9.84 Å². The molecule has 0 saturated heterocycles. The number of hydrogen-bond acceptors (Lipinski definition) is 9. The number of methoxy groups -OCH3 is 1. The number of halogens is 1. The minimum absolute atomic E-state index is 0.0365. The molecule has 1 N–H and O–H groups in total. The number of thioether (sulfide) groups is 1. The average Bonchev–Trinajstić information content (AvgIpc) is 3.86. The minimum Gasteiger partial charge on any atom is -0.497 e. The van der Waals surface area contributed by atoms with Crippen molar-refractivity contribution in [1.82, 2.24) is 25.1 Å². The molecule has 218 valence electrons. The van der Waals surface area contributed by atoms with Gasteiger partial charge in [0.1, 0.15) is 11.6 Å². The van der Waals surface area contributed by atoms with Gasteiger partial charge in [-0.05, 0) is 64.9 Å². The molecule has 13 heteroatoms. The molecule has 0 fully saturated rings. The van der Waals surface area contributed by atoms with E-state index in [9.17, 15) is 14.0 Å². The maximum atomic E-state index is 13.7. The summed E-state index contributed by atoms with van der Waals surface area (Å²) in [5.74, 6) is 0.407. The van der Waals surface area contributed by atoms with Crippen LogP contribution in [0.25, 0.3) is 5.69 Å². The Bertz CT molecular complexity index is 1740. The maximum absolute atomic E-state index is 13.7. The largest absolute Gasteiger partial charge is 0.497 e. The summed E-state index contributed by atoms with van der Waals surface area (Å²) in [6, 6.07) is 20.8. The molecule has 0 aliphatic carbocycles. The molecule has 0 radical (unpaired) electrons. The van der Waals surface area contributed by atoms with Crippen LogP contribution in [-0.4, -0.2) is 50.2 Å². The maximum Gasteiger partial charge on any atom is 0.261 e. The van der Waals surface area contributed by atoms with Gasteiger partial charge in [-0.3, -0.25) is 14.2 Å². The molecule has 6 rings (SSSR count). The van der Waals surface area contributed by atoms with E-state index in [0.29, 0.717) is 28.0 Å². The van der Waals surface area contributed by atoms with Gasteiger partial charge in [0.25, 0.3) is 11.8 Å². The number of nitrogens with one attached hydrogen (secondary N) is 1. The topological polar surface area (TPSA) is 102 Å². The molecule has 1 aliphatic rings. The number of hydrazone groups is 1. The van der Waals surface area contributed by atoms with Crippen LogP contribution in [0, 0.1) is 5.82 Å². The summed E-state index contributed by atoms with van der Waals surface area (Å²) in [7, 11) is 1.61. The van der Waals surface area contributed by atoms with Crippen molar-refractivity contribution in [1.29, 1.82) is 0 Å². The highest BCUT2D eigenvalue weighted by molar-refractivity contribution is 7.99. The number of rotatable bonds is 10. The highest BCUT2D eigenvalue weighted by atomic mass is 32.2. The summed E-state index contributed by atoms with van der Waals surface area (Å²) in [5, 5.41) is 22.0. The molecular formula is C30H25FN6O3S3. The van der Waals surface area contributed by atoms with Crippen LogP contribution in [0.2, 0.25) is 0 Å². The third-order valence-electron chi connectivity index (χ3n) is 6.73. The van der Waals surface area contributed by atoms with Crippen molar-refractivity contribution in [2.75, 3.05) is 12.9 Å². The van der Waals surface area contributed by atoms with E-state index < -0.39 is 0 Å². The van der Waals surface area contributed by atoms with Crippen LogP contribution in [0.5, 0.6) is 5.75 Å². The Labute approximate surface area is 259 Å². The Morgan fingerprint density at radius 2 is 1.79 bits per heavy atom. The van der Waals surface area contributed by atoms with Crippen LogP contribution in [0.4, 0.5) is 4.39 Å². The zero-order chi connectivity index (χ0) is 29.8. The molecule has 3 aromatic heterocycles. The summed E-state index contributed by atoms with van der Waals surface area (Å²) in [6.45, 7) is 0.0930. The number of hydrogen-bond donors (Lipinski definition) is 1. The van der Waals surface area contributed by atoms with Crippen LogP contribution < -0.4 is 10.1 Å². The van der Waals surface area contributed by atoms with E-state index in [1.54, 1.807) is 52.3 Å². The molecule has 5 aromatic rings. The predicted octanol–water partition coefficient (Wildman–Crippen LogP) is 5.94. The van der Waals surface area contributed by atoms with E-state index in [0.717, 1.165) is 21.9 Å². The predicted molar refractivity (Wildman–Crippen MR) is 166 cm³/mol. The fourth-order valence-corrected chi connectivity index (χ4v) is 6.81. The Balaban J connectivity index is 1.23. The molecule has 2 amide bonds. The van der Waals surface area contributed by atoms with Crippen LogP contribution in [0.1, 0.15) is 38.4 Å². The van der Waals surface area contributed by atoms with E-state index in [-0.39, 0.29) is 36.0 Å². The lowest BCUT2D eigenvalue weighted by molar-refractivity contribution is -0.130. The van der Waals surface area contributed by atoms with Gasteiger partial charge in [-0.1, -0.05) is 36.0 Å². The zero-order valence-electron chi connectivity index (χ0n) is 22.8. The molecule has 4 heterocycles. The van der Waals surface area contributed by atoms with Crippen molar-refractivity contribution >= 4 is 52.0 Å². The van der Waals surface area contributed by atoms with Crippen molar-refractivity contribution in [3.8, 4) is 11.4 Å². The van der Waals surface area contributed by atoms with Crippen molar-refractivity contribution in [3.63, 3.8) is 0 Å². The molecule has 0 spiro atoms. The summed E-state index contributed by atoms with van der Waals surface area (Å²) < 4.78 is 20.8. The SMILES string of the molecule is COc1ccc([C@@H]2CC(c3cccs3)=NN2C(=O)CSc2nnc(CNC(=O)c3cccs3)n2-c2ccc(F)cc2)cc1. The molecule has 1 aliphatic heterocycles. The summed E-state index contributed by atoms with van der Waals surface area (Å²) in [6.07, 6.45) is 0.586. The van der Waals surface area contributed by atoms with Gasteiger partial charge in [0, 0.05) is 12.1 Å². The van der Waals surface area contributed by atoms with E-state index in [1.807, 2.05) is 47.2 Å². The normalized spacial score (nSPS) is 14.5. The Hall–Kier alpha value is -4.33. The molecule has 2 aromatic carbocycles. The lowest BCUT2D eigenvalue weighted by atomic mass is 10.0. The van der Waals surface area contributed by atoms with Gasteiger partial charge in [-0.15, -0.1) is 32.9 Å². The molecule has 0 bridgehead atoms. The number of benzene rings is 2. The number of carbonyl (C=O) groups excluding carboxylic acids is 2. The van der Waals surface area contributed by atoms with Crippen LogP contribution in [-0.2, 0) is 11.3 Å². The number of amides is 2. The number of carbonyl (C=O) groups is 2. The first-order valence-electron chi connectivity index (χ1n) is 13.2. The Morgan fingerprint density at radius 3 is 2.49 bits per heavy atom. The molecule has 1 atom stereocenters. The lowest BCUT2D eigenvalue weighted by Crippen LogP contribution is -2.28.